The molecule has 0 aliphatic carbocycles. The summed E-state index contributed by atoms with van der Waals surface area (Å²) < 4.78 is 5.11. The highest BCUT2D eigenvalue weighted by molar-refractivity contribution is 6.09. The van der Waals surface area contributed by atoms with Crippen molar-refractivity contribution in [2.24, 2.45) is 0 Å². The second-order valence-electron chi connectivity index (χ2n) is 6.12. The van der Waals surface area contributed by atoms with Gasteiger partial charge < -0.3 is 20.3 Å². The van der Waals surface area contributed by atoms with Crippen LogP contribution < -0.4 is 15.4 Å². The van der Waals surface area contributed by atoms with Gasteiger partial charge in [0.05, 0.1) is 18.4 Å². The Bertz CT molecular complexity index is 772. The first-order valence-corrected chi connectivity index (χ1v) is 8.73. The molecule has 0 spiro atoms. The number of rotatable bonds is 4. The number of anilines is 1. The molecule has 1 saturated heterocycles. The average molecular weight is 390 g/mol. The summed E-state index contributed by atoms with van der Waals surface area (Å²) in [5.74, 6) is 0.372. The minimum atomic E-state index is -0.259. The molecule has 0 aromatic heterocycles. The predicted molar refractivity (Wildman–Crippen MR) is 108 cm³/mol. The monoisotopic (exact) mass is 389 g/mol. The minimum Gasteiger partial charge on any atom is -0.497 e. The summed E-state index contributed by atoms with van der Waals surface area (Å²) >= 11 is 0. The number of methoxy groups -OCH3 is 1. The highest BCUT2D eigenvalue weighted by Crippen LogP contribution is 2.20. The van der Waals surface area contributed by atoms with E-state index in [1.807, 2.05) is 17.0 Å². The van der Waals surface area contributed by atoms with Gasteiger partial charge in [-0.05, 0) is 49.4 Å². The van der Waals surface area contributed by atoms with Crippen LogP contribution in [0, 0.1) is 0 Å². The lowest BCUT2D eigenvalue weighted by atomic mass is 10.1. The van der Waals surface area contributed by atoms with E-state index in [4.69, 9.17) is 4.74 Å². The molecule has 1 fully saturated rings. The van der Waals surface area contributed by atoms with E-state index in [-0.39, 0.29) is 24.2 Å². The summed E-state index contributed by atoms with van der Waals surface area (Å²) in [4.78, 5) is 27.3. The van der Waals surface area contributed by atoms with E-state index in [2.05, 4.69) is 10.6 Å². The fourth-order valence-corrected chi connectivity index (χ4v) is 2.93. The molecule has 3 rings (SSSR count). The van der Waals surface area contributed by atoms with Crippen LogP contribution in [0.25, 0.3) is 0 Å². The van der Waals surface area contributed by atoms with Crippen molar-refractivity contribution in [2.75, 3.05) is 38.6 Å². The SMILES string of the molecule is COc1ccc(C(=O)Nc2ccccc2C(=O)N2CCCNCC2)cc1.Cl. The Morgan fingerprint density at radius 2 is 1.78 bits per heavy atom. The largest absolute Gasteiger partial charge is 0.497 e. The van der Waals surface area contributed by atoms with E-state index in [1.54, 1.807) is 43.5 Å². The molecule has 0 radical (unpaired) electrons. The number of nitrogens with one attached hydrogen (secondary N) is 2. The molecule has 2 aromatic carbocycles. The molecule has 1 heterocycles. The number of hydrogen-bond donors (Lipinski definition) is 2. The van der Waals surface area contributed by atoms with E-state index in [1.165, 1.54) is 0 Å². The molecule has 0 unspecified atom stereocenters. The molecule has 2 aromatic rings. The molecule has 7 heteroatoms. The second kappa shape index (κ2) is 9.94. The van der Waals surface area contributed by atoms with E-state index in [0.29, 0.717) is 35.7 Å². The third kappa shape index (κ3) is 5.21. The molecule has 2 N–H and O–H groups in total. The van der Waals surface area contributed by atoms with Gasteiger partial charge in [0.2, 0.25) is 0 Å². The van der Waals surface area contributed by atoms with Gasteiger partial charge in [-0.25, -0.2) is 0 Å². The summed E-state index contributed by atoms with van der Waals surface area (Å²) in [6.07, 6.45) is 0.923. The number of halogens is 1. The van der Waals surface area contributed by atoms with Gasteiger partial charge >= 0.3 is 0 Å². The normalized spacial score (nSPS) is 13.9. The first-order chi connectivity index (χ1) is 12.7. The van der Waals surface area contributed by atoms with Crippen LogP contribution in [-0.2, 0) is 0 Å². The number of benzene rings is 2. The van der Waals surface area contributed by atoms with Crippen molar-refractivity contribution in [3.63, 3.8) is 0 Å². The van der Waals surface area contributed by atoms with Gasteiger partial charge in [-0.2, -0.15) is 0 Å². The zero-order valence-corrected chi connectivity index (χ0v) is 16.1. The molecular weight excluding hydrogens is 366 g/mol. The van der Waals surface area contributed by atoms with Gasteiger partial charge in [0, 0.05) is 25.2 Å². The zero-order chi connectivity index (χ0) is 18.4. The topological polar surface area (TPSA) is 70.7 Å². The summed E-state index contributed by atoms with van der Waals surface area (Å²) in [6.45, 7) is 3.08. The van der Waals surface area contributed by atoms with Gasteiger partial charge in [0.15, 0.2) is 0 Å². The van der Waals surface area contributed by atoms with Crippen LogP contribution in [0.3, 0.4) is 0 Å². The number of hydrogen-bond acceptors (Lipinski definition) is 4. The fourth-order valence-electron chi connectivity index (χ4n) is 2.93. The maximum atomic E-state index is 12.9. The maximum Gasteiger partial charge on any atom is 0.256 e. The standard InChI is InChI=1S/C20H23N3O3.ClH/c1-26-16-9-7-15(8-10-16)19(24)22-18-6-3-2-5-17(18)20(25)23-13-4-11-21-12-14-23;/h2-3,5-10,21H,4,11-14H2,1H3,(H,22,24);1H. The van der Waals surface area contributed by atoms with Gasteiger partial charge in [-0.3, -0.25) is 9.59 Å². The van der Waals surface area contributed by atoms with Crippen LogP contribution >= 0.6 is 12.4 Å². The molecule has 0 saturated carbocycles. The van der Waals surface area contributed by atoms with Crippen molar-refractivity contribution in [1.29, 1.82) is 0 Å². The Kier molecular flexibility index (Phi) is 7.64. The number of para-hydroxylation sites is 1. The number of nitrogens with zero attached hydrogens (tertiary/aromatic N) is 1. The summed E-state index contributed by atoms with van der Waals surface area (Å²) in [6, 6.07) is 14.0. The third-order valence-corrected chi connectivity index (χ3v) is 4.39. The Morgan fingerprint density at radius 3 is 2.52 bits per heavy atom. The Hall–Kier alpha value is -2.57. The van der Waals surface area contributed by atoms with Crippen LogP contribution in [0.5, 0.6) is 5.75 Å². The Morgan fingerprint density at radius 1 is 1.04 bits per heavy atom. The highest BCUT2D eigenvalue weighted by Gasteiger charge is 2.20. The van der Waals surface area contributed by atoms with Crippen molar-refractivity contribution < 1.29 is 14.3 Å². The van der Waals surface area contributed by atoms with Gasteiger partial charge in [-0.1, -0.05) is 12.1 Å². The summed E-state index contributed by atoms with van der Waals surface area (Å²) in [5, 5.41) is 6.14. The van der Waals surface area contributed by atoms with Crippen molar-refractivity contribution in [3.05, 3.63) is 59.7 Å². The maximum absolute atomic E-state index is 12.9. The van der Waals surface area contributed by atoms with Crippen LogP contribution in [0.4, 0.5) is 5.69 Å². The average Bonchev–Trinajstić information content (AvgIpc) is 2.97. The molecule has 27 heavy (non-hydrogen) atoms. The summed E-state index contributed by atoms with van der Waals surface area (Å²) in [5.41, 5.74) is 1.54. The van der Waals surface area contributed by atoms with Gasteiger partial charge in [-0.15, -0.1) is 12.4 Å². The van der Waals surface area contributed by atoms with E-state index >= 15 is 0 Å². The molecule has 2 amide bonds. The lowest BCUT2D eigenvalue weighted by Crippen LogP contribution is -2.34. The first kappa shape index (κ1) is 20.7. The summed E-state index contributed by atoms with van der Waals surface area (Å²) in [7, 11) is 1.58. The molecular formula is C20H24ClN3O3. The third-order valence-electron chi connectivity index (χ3n) is 4.39. The number of carbonyl (C=O) groups excluding carboxylic acids is 2. The lowest BCUT2D eigenvalue weighted by molar-refractivity contribution is 0.0767. The van der Waals surface area contributed by atoms with Crippen molar-refractivity contribution in [2.45, 2.75) is 6.42 Å². The zero-order valence-electron chi connectivity index (χ0n) is 15.2. The van der Waals surface area contributed by atoms with E-state index in [9.17, 15) is 9.59 Å². The van der Waals surface area contributed by atoms with Crippen molar-refractivity contribution in [1.82, 2.24) is 10.2 Å². The molecule has 6 nitrogen and oxygen atoms in total. The van der Waals surface area contributed by atoms with Crippen molar-refractivity contribution in [3.8, 4) is 5.75 Å². The smallest absolute Gasteiger partial charge is 0.256 e. The molecule has 0 bridgehead atoms. The quantitative estimate of drug-likeness (QED) is 0.843. The molecule has 1 aliphatic heterocycles. The predicted octanol–water partition coefficient (Wildman–Crippen LogP) is 2.80. The Balaban J connectivity index is 0.00000261. The number of amides is 2. The second-order valence-corrected chi connectivity index (χ2v) is 6.12. The van der Waals surface area contributed by atoms with Gasteiger partial charge in [0.1, 0.15) is 5.75 Å². The van der Waals surface area contributed by atoms with Crippen LogP contribution in [0.15, 0.2) is 48.5 Å². The van der Waals surface area contributed by atoms with E-state index < -0.39 is 0 Å². The minimum absolute atomic E-state index is 0. The number of carbonyl (C=O) groups is 2. The van der Waals surface area contributed by atoms with Crippen molar-refractivity contribution >= 4 is 29.9 Å². The fraction of sp³-hybridized carbons (Fsp3) is 0.300. The Labute approximate surface area is 165 Å². The van der Waals surface area contributed by atoms with Crippen LogP contribution in [0.2, 0.25) is 0 Å². The van der Waals surface area contributed by atoms with E-state index in [0.717, 1.165) is 19.5 Å². The molecule has 0 atom stereocenters. The molecule has 144 valence electrons. The molecule has 1 aliphatic rings. The highest BCUT2D eigenvalue weighted by atomic mass is 35.5. The van der Waals surface area contributed by atoms with Crippen LogP contribution in [-0.4, -0.2) is 50.0 Å². The number of ether oxygens (including phenoxy) is 1. The van der Waals surface area contributed by atoms with Gasteiger partial charge in [0.25, 0.3) is 11.8 Å². The first-order valence-electron chi connectivity index (χ1n) is 8.73. The van der Waals surface area contributed by atoms with Crippen LogP contribution in [0.1, 0.15) is 27.1 Å². The lowest BCUT2D eigenvalue weighted by Gasteiger charge is -2.21.